The molecule has 2 aliphatic heterocycles. The Hall–Kier alpha value is -3.43. The van der Waals surface area contributed by atoms with Gasteiger partial charge < -0.3 is 28.6 Å². The Balaban J connectivity index is 0.000000227. The summed E-state index contributed by atoms with van der Waals surface area (Å²) < 4.78 is 28.0. The Morgan fingerprint density at radius 2 is 1.84 bits per heavy atom. The highest BCUT2D eigenvalue weighted by Gasteiger charge is 2.65. The highest BCUT2D eigenvalue weighted by Crippen LogP contribution is 2.62. The van der Waals surface area contributed by atoms with E-state index in [1.165, 1.54) is 32.3 Å². The lowest BCUT2D eigenvalue weighted by Gasteiger charge is -2.56. The quantitative estimate of drug-likeness (QED) is 0.0757. The van der Waals surface area contributed by atoms with E-state index in [0.29, 0.717) is 23.5 Å². The number of carbonyl (C=O) groups is 3. The van der Waals surface area contributed by atoms with Gasteiger partial charge in [0.25, 0.3) is 0 Å². The maximum Gasteiger partial charge on any atom is 0.331 e. The molecule has 0 N–H and O–H groups in total. The number of hydrogen-bond acceptors (Lipinski definition) is 9. The van der Waals surface area contributed by atoms with E-state index in [1.807, 2.05) is 39.0 Å². The van der Waals surface area contributed by atoms with E-state index >= 15 is 0 Å². The lowest BCUT2D eigenvalue weighted by molar-refractivity contribution is -0.152. The highest BCUT2D eigenvalue weighted by molar-refractivity contribution is 5.83. The van der Waals surface area contributed by atoms with Crippen molar-refractivity contribution in [2.75, 3.05) is 20.7 Å². The van der Waals surface area contributed by atoms with Gasteiger partial charge in [0.1, 0.15) is 6.10 Å². The van der Waals surface area contributed by atoms with Gasteiger partial charge in [-0.15, -0.1) is 0 Å². The van der Waals surface area contributed by atoms with Crippen LogP contribution in [-0.2, 0) is 40.4 Å². The average Bonchev–Trinajstić information content (AvgIpc) is 3.36. The minimum absolute atomic E-state index is 0.0222. The van der Waals surface area contributed by atoms with Gasteiger partial charge in [-0.3, -0.25) is 9.59 Å². The zero-order chi connectivity index (χ0) is 36.1. The van der Waals surface area contributed by atoms with Crippen LogP contribution in [0.15, 0.2) is 48.1 Å². The Morgan fingerprint density at radius 3 is 2.49 bits per heavy atom. The Kier molecular flexibility index (Phi) is 12.6. The Bertz CT molecular complexity index is 1460. The molecule has 0 saturated carbocycles. The van der Waals surface area contributed by atoms with Crippen molar-refractivity contribution in [2.45, 2.75) is 129 Å². The number of likely N-dealkylation sites (tertiary alicyclic amines) is 1. The largest absolute Gasteiger partial charge is 0.481 e. The first-order valence-electron chi connectivity index (χ1n) is 17.8. The number of piperidine rings is 1. The summed E-state index contributed by atoms with van der Waals surface area (Å²) in [6.45, 7) is 15.9. The van der Waals surface area contributed by atoms with E-state index in [-0.39, 0.29) is 47.0 Å². The number of likely N-dealkylation sites (N-methyl/N-ethyl adjacent to an activating group) is 1. The molecule has 1 unspecified atom stereocenters. The predicted molar refractivity (Wildman–Crippen MR) is 190 cm³/mol. The molecule has 1 aromatic carbocycles. The summed E-state index contributed by atoms with van der Waals surface area (Å²) in [6, 6.07) is 4.28. The molecule has 270 valence electrons. The summed E-state index contributed by atoms with van der Waals surface area (Å²) in [5, 5.41) is 0. The number of hydrogen-bond donors (Lipinski definition) is 0. The van der Waals surface area contributed by atoms with Crippen molar-refractivity contribution in [3.8, 4) is 11.5 Å². The van der Waals surface area contributed by atoms with Gasteiger partial charge in [0.2, 0.25) is 0 Å². The number of rotatable bonds is 12. The van der Waals surface area contributed by atoms with Gasteiger partial charge in [-0.25, -0.2) is 4.79 Å². The first-order valence-corrected chi connectivity index (χ1v) is 17.8. The number of carbonyl (C=O) groups excluding carboxylic acids is 3. The second kappa shape index (κ2) is 16.1. The standard InChI is InChI=1S/C21H23NO5.C19H34O3/c1-11(23)25-16-6-4-13-10-15-14-5-7-17(26-12(2)24)20-21(14,8-9-22(15)3)18(13)19(16)27-20;1-15(2)22-18(20)14-17(4)11-8-10-16(3)12-9-13-19(5,6)21-7/h4-7,14-15,17,20H,8-10H2,1-3H3;8,11,14-16H,9-10,12-13H2,1-7H3/b;11-8+,17-14+/t14-,15+,17-,20-,21-;/m0./s1. The fourth-order valence-corrected chi connectivity index (χ4v) is 7.82. The molecule has 0 amide bonds. The molecule has 49 heavy (non-hydrogen) atoms. The topological polar surface area (TPSA) is 101 Å². The summed E-state index contributed by atoms with van der Waals surface area (Å²) in [4.78, 5) is 37.2. The molecule has 1 spiro atoms. The molecule has 1 saturated heterocycles. The lowest BCUT2D eigenvalue weighted by atomic mass is 9.53. The molecule has 6 atom stereocenters. The van der Waals surface area contributed by atoms with Crippen LogP contribution < -0.4 is 9.47 Å². The van der Waals surface area contributed by atoms with Crippen molar-refractivity contribution in [3.63, 3.8) is 0 Å². The van der Waals surface area contributed by atoms with Crippen molar-refractivity contribution in [3.05, 3.63) is 59.2 Å². The molecule has 5 rings (SSSR count). The lowest BCUT2D eigenvalue weighted by Crippen LogP contribution is -2.65. The van der Waals surface area contributed by atoms with Crippen molar-refractivity contribution >= 4 is 17.9 Å². The number of esters is 3. The van der Waals surface area contributed by atoms with Crippen LogP contribution in [0.5, 0.6) is 11.5 Å². The van der Waals surface area contributed by atoms with Gasteiger partial charge in [-0.2, -0.15) is 0 Å². The third kappa shape index (κ3) is 9.03. The van der Waals surface area contributed by atoms with E-state index in [9.17, 15) is 14.4 Å². The van der Waals surface area contributed by atoms with Crippen molar-refractivity contribution in [2.24, 2.45) is 11.8 Å². The first kappa shape index (κ1) is 38.4. The van der Waals surface area contributed by atoms with E-state index in [1.54, 1.807) is 13.2 Å². The van der Waals surface area contributed by atoms with Gasteiger partial charge in [0.05, 0.1) is 11.7 Å². The molecule has 2 heterocycles. The second-order valence-corrected chi connectivity index (χ2v) is 15.1. The maximum absolute atomic E-state index is 11.7. The minimum Gasteiger partial charge on any atom is -0.481 e. The maximum atomic E-state index is 11.7. The Morgan fingerprint density at radius 1 is 1.10 bits per heavy atom. The molecule has 1 fully saturated rings. The van der Waals surface area contributed by atoms with E-state index < -0.39 is 6.10 Å². The molecule has 0 radical (unpaired) electrons. The molecular weight excluding hydrogens is 622 g/mol. The normalized spacial score (nSPS) is 26.0. The number of benzene rings is 1. The van der Waals surface area contributed by atoms with Crippen LogP contribution >= 0.6 is 0 Å². The molecule has 2 aliphatic carbocycles. The van der Waals surface area contributed by atoms with Gasteiger partial charge in [0.15, 0.2) is 17.6 Å². The monoisotopic (exact) mass is 679 g/mol. The van der Waals surface area contributed by atoms with E-state index in [4.69, 9.17) is 23.7 Å². The van der Waals surface area contributed by atoms with Crippen LogP contribution in [0.3, 0.4) is 0 Å². The SMILES string of the molecule is CC(=O)Oc1ccc2c3c1O[C@H]1[C@@H](OC(C)=O)C=C[C@H]4[C@@H](C2)N(C)CC[C@@]341.COC(C)(C)CCCC(C)C/C=C/C(C)=C/C(=O)OC(C)C. The van der Waals surface area contributed by atoms with Crippen LogP contribution in [0.2, 0.25) is 0 Å². The van der Waals surface area contributed by atoms with E-state index in [0.717, 1.165) is 43.4 Å². The van der Waals surface area contributed by atoms with Crippen molar-refractivity contribution in [1.82, 2.24) is 4.90 Å². The number of ether oxygens (including phenoxy) is 5. The van der Waals surface area contributed by atoms with Gasteiger partial charge >= 0.3 is 17.9 Å². The van der Waals surface area contributed by atoms with Crippen LogP contribution in [-0.4, -0.2) is 73.5 Å². The van der Waals surface area contributed by atoms with Crippen LogP contribution in [0.25, 0.3) is 0 Å². The smallest absolute Gasteiger partial charge is 0.331 e. The molecule has 4 aliphatic rings. The molecule has 9 nitrogen and oxygen atoms in total. The summed E-state index contributed by atoms with van der Waals surface area (Å²) in [7, 11) is 3.94. The first-order chi connectivity index (χ1) is 23.1. The number of allylic oxidation sites excluding steroid dienone is 3. The molecule has 1 aromatic rings. The zero-order valence-corrected chi connectivity index (χ0v) is 31.2. The molecule has 9 heteroatoms. The van der Waals surface area contributed by atoms with Crippen LogP contribution in [0.1, 0.15) is 98.6 Å². The summed E-state index contributed by atoms with van der Waals surface area (Å²) >= 11 is 0. The molecule has 0 aromatic heterocycles. The average molecular weight is 680 g/mol. The minimum atomic E-state index is -0.439. The third-order valence-corrected chi connectivity index (χ3v) is 10.3. The van der Waals surface area contributed by atoms with Gasteiger partial charge in [0, 0.05) is 50.0 Å². The molecular formula is C40H57NO8. The predicted octanol–water partition coefficient (Wildman–Crippen LogP) is 7.05. The Labute approximate surface area is 293 Å². The van der Waals surface area contributed by atoms with Gasteiger partial charge in [-0.05, 0) is 103 Å². The number of nitrogens with zero attached hydrogens (tertiary/aromatic N) is 1. The summed E-state index contributed by atoms with van der Waals surface area (Å²) in [5.74, 6) is 1.08. The number of methoxy groups -OCH3 is 1. The molecule has 2 bridgehead atoms. The van der Waals surface area contributed by atoms with Gasteiger partial charge in [-0.1, -0.05) is 44.1 Å². The van der Waals surface area contributed by atoms with Crippen LogP contribution in [0, 0.1) is 11.8 Å². The summed E-state index contributed by atoms with van der Waals surface area (Å²) in [5.41, 5.74) is 3.06. The van der Waals surface area contributed by atoms with Crippen molar-refractivity contribution in [1.29, 1.82) is 0 Å². The fourth-order valence-electron chi connectivity index (χ4n) is 7.82. The zero-order valence-electron chi connectivity index (χ0n) is 31.2. The fraction of sp³-hybridized carbons (Fsp3) is 0.625. The van der Waals surface area contributed by atoms with E-state index in [2.05, 4.69) is 50.9 Å². The van der Waals surface area contributed by atoms with Crippen LogP contribution in [0.4, 0.5) is 0 Å². The highest BCUT2D eigenvalue weighted by atomic mass is 16.6. The second-order valence-electron chi connectivity index (χ2n) is 15.1. The third-order valence-electron chi connectivity index (χ3n) is 10.3. The summed E-state index contributed by atoms with van der Waals surface area (Å²) in [6.07, 6.45) is 15.4. The van der Waals surface area contributed by atoms with Crippen molar-refractivity contribution < 1.29 is 38.1 Å².